The lowest BCUT2D eigenvalue weighted by atomic mass is 10.0. The molecule has 1 aliphatic rings. The predicted molar refractivity (Wildman–Crippen MR) is 67.7 cm³/mol. The van der Waals surface area contributed by atoms with Crippen LogP contribution in [0.3, 0.4) is 0 Å². The Morgan fingerprint density at radius 2 is 2.11 bits per heavy atom. The number of carbonyl (C=O) groups is 1. The van der Waals surface area contributed by atoms with Gasteiger partial charge in [0.05, 0.1) is 18.4 Å². The molecule has 0 saturated heterocycles. The van der Waals surface area contributed by atoms with Crippen LogP contribution in [-0.4, -0.2) is 26.1 Å². The minimum absolute atomic E-state index is 0.0773. The van der Waals surface area contributed by atoms with E-state index in [-0.39, 0.29) is 17.4 Å². The fraction of sp³-hybridized carbons (Fsp3) is 0.385. The van der Waals surface area contributed by atoms with E-state index in [4.69, 9.17) is 5.11 Å². The van der Waals surface area contributed by atoms with Crippen molar-refractivity contribution in [3.63, 3.8) is 0 Å². The number of hydrogen-bond acceptors (Lipinski definition) is 4. The van der Waals surface area contributed by atoms with Crippen LogP contribution in [0.15, 0.2) is 29.1 Å². The summed E-state index contributed by atoms with van der Waals surface area (Å²) in [5.41, 5.74) is 0.0429. The molecule has 2 aromatic rings. The first-order valence-electron chi connectivity index (χ1n) is 6.14. The van der Waals surface area contributed by atoms with Crippen molar-refractivity contribution in [1.29, 1.82) is 0 Å². The Morgan fingerprint density at radius 3 is 2.79 bits per heavy atom. The van der Waals surface area contributed by atoms with Crippen molar-refractivity contribution < 1.29 is 9.90 Å². The fourth-order valence-corrected chi connectivity index (χ4v) is 2.33. The molecule has 6 heteroatoms. The van der Waals surface area contributed by atoms with Crippen molar-refractivity contribution in [3.05, 3.63) is 34.6 Å². The molecule has 1 aliphatic carbocycles. The highest BCUT2D eigenvalue weighted by atomic mass is 16.4. The number of fused-ring (bicyclic) bond motifs is 1. The van der Waals surface area contributed by atoms with E-state index in [2.05, 4.69) is 10.3 Å². The Labute approximate surface area is 108 Å². The molecule has 6 nitrogen and oxygen atoms in total. The molecule has 1 heterocycles. The second kappa shape index (κ2) is 4.15. The van der Waals surface area contributed by atoms with Gasteiger partial charge in [-0.3, -0.25) is 9.59 Å². The lowest BCUT2D eigenvalue weighted by molar-refractivity contribution is -0.138. The molecule has 0 amide bonds. The maximum atomic E-state index is 12.2. The maximum Gasteiger partial charge on any atom is 0.303 e. The van der Waals surface area contributed by atoms with Gasteiger partial charge in [-0.2, -0.15) is 0 Å². The number of aliphatic carboxylic acids is 1. The second-order valence-electron chi connectivity index (χ2n) is 5.14. The molecule has 3 rings (SSSR count). The summed E-state index contributed by atoms with van der Waals surface area (Å²) < 4.78 is 1.29. The van der Waals surface area contributed by atoms with Gasteiger partial charge in [0.2, 0.25) is 0 Å². The fourth-order valence-electron chi connectivity index (χ4n) is 2.33. The molecule has 0 atom stereocenters. The summed E-state index contributed by atoms with van der Waals surface area (Å²) in [6.45, 7) is 0.329. The highest BCUT2D eigenvalue weighted by Gasteiger charge is 2.45. The molecule has 0 spiro atoms. The van der Waals surface area contributed by atoms with Crippen LogP contribution < -0.4 is 5.56 Å². The largest absolute Gasteiger partial charge is 0.481 e. The second-order valence-corrected chi connectivity index (χ2v) is 5.14. The van der Waals surface area contributed by atoms with Gasteiger partial charge in [-0.15, -0.1) is 5.10 Å². The number of benzene rings is 1. The van der Waals surface area contributed by atoms with Crippen LogP contribution in [0.4, 0.5) is 0 Å². The summed E-state index contributed by atoms with van der Waals surface area (Å²) in [7, 11) is 0. The average molecular weight is 259 g/mol. The molecule has 0 aliphatic heterocycles. The first-order valence-corrected chi connectivity index (χ1v) is 6.14. The van der Waals surface area contributed by atoms with E-state index in [9.17, 15) is 9.59 Å². The summed E-state index contributed by atoms with van der Waals surface area (Å²) in [6.07, 6.45) is 1.72. The van der Waals surface area contributed by atoms with Gasteiger partial charge in [0.25, 0.3) is 5.56 Å². The molecule has 1 saturated carbocycles. The summed E-state index contributed by atoms with van der Waals surface area (Å²) in [5.74, 6) is -0.834. The summed E-state index contributed by atoms with van der Waals surface area (Å²) in [4.78, 5) is 23.1. The Kier molecular flexibility index (Phi) is 2.58. The third-order valence-electron chi connectivity index (χ3n) is 3.60. The molecule has 1 N–H and O–H groups in total. The van der Waals surface area contributed by atoms with Crippen molar-refractivity contribution in [3.8, 4) is 0 Å². The zero-order valence-corrected chi connectivity index (χ0v) is 10.2. The molecule has 98 valence electrons. The number of carboxylic acids is 1. The standard InChI is InChI=1S/C13H13N3O3/c17-11(18)7-13(5-6-13)8-16-12(19)9-3-1-2-4-10(9)14-15-16/h1-4H,5-8H2,(H,17,18). The van der Waals surface area contributed by atoms with E-state index >= 15 is 0 Å². The predicted octanol–water partition coefficient (Wildman–Crippen LogP) is 1.05. The van der Waals surface area contributed by atoms with E-state index in [0.29, 0.717) is 17.4 Å². The van der Waals surface area contributed by atoms with Gasteiger partial charge in [-0.05, 0) is 25.0 Å². The third-order valence-corrected chi connectivity index (χ3v) is 3.60. The first kappa shape index (κ1) is 11.8. The van der Waals surface area contributed by atoms with E-state index in [1.807, 2.05) is 0 Å². The van der Waals surface area contributed by atoms with E-state index < -0.39 is 5.97 Å². The van der Waals surface area contributed by atoms with E-state index in [1.165, 1.54) is 4.68 Å². The van der Waals surface area contributed by atoms with Crippen LogP contribution in [0.25, 0.3) is 10.9 Å². The van der Waals surface area contributed by atoms with Crippen LogP contribution in [0.5, 0.6) is 0 Å². The Hall–Kier alpha value is -2.24. The zero-order chi connectivity index (χ0) is 13.5. The minimum atomic E-state index is -0.834. The van der Waals surface area contributed by atoms with Crippen LogP contribution in [0.2, 0.25) is 0 Å². The highest BCUT2D eigenvalue weighted by molar-refractivity contribution is 5.76. The average Bonchev–Trinajstić information content (AvgIpc) is 3.12. The molecular weight excluding hydrogens is 246 g/mol. The molecular formula is C13H13N3O3. The van der Waals surface area contributed by atoms with Crippen LogP contribution in [0, 0.1) is 5.41 Å². The van der Waals surface area contributed by atoms with E-state index in [1.54, 1.807) is 24.3 Å². The zero-order valence-electron chi connectivity index (χ0n) is 10.2. The quantitative estimate of drug-likeness (QED) is 0.886. The van der Waals surface area contributed by atoms with Gasteiger partial charge >= 0.3 is 5.97 Å². The first-order chi connectivity index (χ1) is 9.10. The van der Waals surface area contributed by atoms with Gasteiger partial charge < -0.3 is 5.11 Å². The number of carboxylic acid groups (broad SMARTS) is 1. The van der Waals surface area contributed by atoms with Crippen LogP contribution in [-0.2, 0) is 11.3 Å². The smallest absolute Gasteiger partial charge is 0.303 e. The molecule has 0 bridgehead atoms. The summed E-state index contributed by atoms with van der Waals surface area (Å²) in [6, 6.07) is 7.02. The molecule has 1 aromatic heterocycles. The SMILES string of the molecule is O=C(O)CC1(Cn2nnc3ccccc3c2=O)CC1. The Balaban J connectivity index is 1.96. The van der Waals surface area contributed by atoms with Gasteiger partial charge in [0, 0.05) is 5.41 Å². The Bertz CT molecular complexity index is 704. The number of aromatic nitrogens is 3. The third kappa shape index (κ3) is 2.21. The molecule has 1 fully saturated rings. The van der Waals surface area contributed by atoms with Crippen molar-refractivity contribution in [2.45, 2.75) is 25.8 Å². The normalized spacial score (nSPS) is 16.4. The lowest BCUT2D eigenvalue weighted by Crippen LogP contribution is -2.29. The highest BCUT2D eigenvalue weighted by Crippen LogP contribution is 2.49. The topological polar surface area (TPSA) is 85.1 Å². The number of rotatable bonds is 4. The number of nitrogens with zero attached hydrogens (tertiary/aromatic N) is 3. The van der Waals surface area contributed by atoms with Crippen LogP contribution >= 0.6 is 0 Å². The molecule has 1 aromatic carbocycles. The number of hydrogen-bond donors (Lipinski definition) is 1. The van der Waals surface area contributed by atoms with E-state index in [0.717, 1.165) is 12.8 Å². The molecule has 0 radical (unpaired) electrons. The maximum absolute atomic E-state index is 12.2. The van der Waals surface area contributed by atoms with Crippen LogP contribution in [0.1, 0.15) is 19.3 Å². The minimum Gasteiger partial charge on any atom is -0.481 e. The van der Waals surface area contributed by atoms with Crippen molar-refractivity contribution in [1.82, 2.24) is 15.0 Å². The van der Waals surface area contributed by atoms with Gasteiger partial charge in [-0.25, -0.2) is 4.68 Å². The monoisotopic (exact) mass is 259 g/mol. The van der Waals surface area contributed by atoms with Gasteiger partial charge in [0.15, 0.2) is 0 Å². The van der Waals surface area contributed by atoms with Crippen molar-refractivity contribution >= 4 is 16.9 Å². The molecule has 0 unspecified atom stereocenters. The van der Waals surface area contributed by atoms with Crippen molar-refractivity contribution in [2.24, 2.45) is 5.41 Å². The summed E-state index contributed by atoms with van der Waals surface area (Å²) in [5, 5.41) is 17.3. The van der Waals surface area contributed by atoms with Crippen molar-refractivity contribution in [2.75, 3.05) is 0 Å². The van der Waals surface area contributed by atoms with Gasteiger partial charge in [-0.1, -0.05) is 17.3 Å². The summed E-state index contributed by atoms with van der Waals surface area (Å²) >= 11 is 0. The molecule has 19 heavy (non-hydrogen) atoms. The Morgan fingerprint density at radius 1 is 1.37 bits per heavy atom. The lowest BCUT2D eigenvalue weighted by Gasteiger charge is -2.12. The van der Waals surface area contributed by atoms with Gasteiger partial charge in [0.1, 0.15) is 5.52 Å².